The highest BCUT2D eigenvalue weighted by Gasteiger charge is 2.37. The van der Waals surface area contributed by atoms with Crippen LogP contribution in [0.2, 0.25) is 0 Å². The summed E-state index contributed by atoms with van der Waals surface area (Å²) in [6, 6.07) is 3.36. The van der Waals surface area contributed by atoms with Crippen LogP contribution < -0.4 is 10.6 Å². The summed E-state index contributed by atoms with van der Waals surface area (Å²) in [5.74, 6) is -0.0763. The molecule has 0 heterocycles. The first-order chi connectivity index (χ1) is 17.0. The maximum absolute atomic E-state index is 13.9. The van der Waals surface area contributed by atoms with Crippen molar-refractivity contribution in [2.24, 2.45) is 0 Å². The Morgan fingerprint density at radius 3 is 2.44 bits per heavy atom. The van der Waals surface area contributed by atoms with E-state index in [1.165, 1.54) is 4.90 Å². The molecule has 202 valence electrons. The molecule has 2 rings (SSSR count). The summed E-state index contributed by atoms with van der Waals surface area (Å²) < 4.78 is 5.39. The fourth-order valence-corrected chi connectivity index (χ4v) is 4.96. The lowest BCUT2D eigenvalue weighted by atomic mass is 9.94. The van der Waals surface area contributed by atoms with Gasteiger partial charge in [0.05, 0.1) is 0 Å². The van der Waals surface area contributed by atoms with E-state index < -0.39 is 23.8 Å². The zero-order valence-corrected chi connectivity index (χ0v) is 23.4. The van der Waals surface area contributed by atoms with E-state index in [1.807, 2.05) is 6.26 Å². The smallest absolute Gasteiger partial charge is 0.408 e. The van der Waals surface area contributed by atoms with Crippen LogP contribution in [0.1, 0.15) is 83.4 Å². The maximum atomic E-state index is 13.9. The predicted molar refractivity (Wildman–Crippen MR) is 144 cm³/mol. The summed E-state index contributed by atoms with van der Waals surface area (Å²) in [7, 11) is 0. The monoisotopic (exact) mass is 521 g/mol. The number of nitrogens with zero attached hydrogens (tertiary/aromatic N) is 1. The summed E-state index contributed by atoms with van der Waals surface area (Å²) in [4.78, 5) is 41.6. The Morgan fingerprint density at radius 1 is 1.19 bits per heavy atom. The van der Waals surface area contributed by atoms with Crippen molar-refractivity contribution in [3.63, 3.8) is 0 Å². The van der Waals surface area contributed by atoms with Gasteiger partial charge in [0.2, 0.25) is 11.8 Å². The molecule has 2 unspecified atom stereocenters. The van der Waals surface area contributed by atoms with Crippen molar-refractivity contribution in [2.75, 3.05) is 18.6 Å². The van der Waals surface area contributed by atoms with Gasteiger partial charge in [0.1, 0.15) is 23.4 Å². The number of phenolic OH excluding ortho intramolecular Hbond substituents is 1. The Bertz CT molecular complexity index is 896. The number of aryl methyl sites for hydroxylation is 1. The van der Waals surface area contributed by atoms with Crippen molar-refractivity contribution >= 4 is 29.7 Å². The number of hydrogen-bond acceptors (Lipinski definition) is 6. The van der Waals surface area contributed by atoms with E-state index in [4.69, 9.17) is 4.74 Å². The number of ether oxygens (including phenoxy) is 1. The molecule has 0 aliphatic heterocycles. The number of hydrogen-bond donors (Lipinski definition) is 3. The van der Waals surface area contributed by atoms with Crippen LogP contribution in [-0.2, 0) is 14.3 Å². The third kappa shape index (κ3) is 8.61. The molecule has 0 aromatic heterocycles. The fourth-order valence-electron chi connectivity index (χ4n) is 4.49. The highest BCUT2D eigenvalue weighted by Crippen LogP contribution is 2.33. The lowest BCUT2D eigenvalue weighted by Crippen LogP contribution is -2.54. The summed E-state index contributed by atoms with van der Waals surface area (Å²) in [6.45, 7) is 9.06. The molecule has 3 N–H and O–H groups in total. The van der Waals surface area contributed by atoms with Crippen LogP contribution in [0.15, 0.2) is 18.2 Å². The van der Waals surface area contributed by atoms with Crippen LogP contribution in [0.3, 0.4) is 0 Å². The Hall–Kier alpha value is -2.42. The van der Waals surface area contributed by atoms with Gasteiger partial charge in [-0.2, -0.15) is 11.8 Å². The first-order valence-electron chi connectivity index (χ1n) is 12.9. The van der Waals surface area contributed by atoms with Crippen molar-refractivity contribution in [2.45, 2.75) is 96.9 Å². The topological polar surface area (TPSA) is 108 Å². The van der Waals surface area contributed by atoms with Crippen LogP contribution in [0.25, 0.3) is 0 Å². The number of carbonyl (C=O) groups excluding carboxylic acids is 3. The van der Waals surface area contributed by atoms with Gasteiger partial charge < -0.3 is 25.4 Å². The third-order valence-corrected chi connectivity index (χ3v) is 6.94. The minimum Gasteiger partial charge on any atom is -0.507 e. The third-order valence-electron chi connectivity index (χ3n) is 6.30. The molecule has 8 nitrogen and oxygen atoms in total. The van der Waals surface area contributed by atoms with Gasteiger partial charge in [0.25, 0.3) is 0 Å². The largest absolute Gasteiger partial charge is 0.507 e. The molecule has 1 saturated carbocycles. The second kappa shape index (κ2) is 13.8. The summed E-state index contributed by atoms with van der Waals surface area (Å²) in [5.41, 5.74) is 0.286. The second-order valence-electron chi connectivity index (χ2n) is 10.4. The van der Waals surface area contributed by atoms with Gasteiger partial charge in [-0.25, -0.2) is 4.79 Å². The van der Waals surface area contributed by atoms with Gasteiger partial charge in [0.15, 0.2) is 0 Å². The standard InChI is InChI=1S/C27H43N3O5S/c1-7-30(25(33)21(16-17-36-6)29-26(34)35-27(3,4)5)22(20-15-11-12-18(2)23(20)31)24(32)28-19-13-9-8-10-14-19/h11-12,15,19,21-22,31H,7-10,13-14,16-17H2,1-6H3,(H,28,32)(H,29,34). The number of carbonyl (C=O) groups is 3. The second-order valence-corrected chi connectivity index (χ2v) is 11.3. The number of aromatic hydroxyl groups is 1. The predicted octanol–water partition coefficient (Wildman–Crippen LogP) is 4.69. The number of para-hydroxylation sites is 1. The van der Waals surface area contributed by atoms with Crippen molar-refractivity contribution in [1.29, 1.82) is 0 Å². The SMILES string of the molecule is CCN(C(=O)C(CCSC)NC(=O)OC(C)(C)C)C(C(=O)NC1CCCCC1)c1cccc(C)c1O. The summed E-state index contributed by atoms with van der Waals surface area (Å²) in [5, 5.41) is 16.7. The van der Waals surface area contributed by atoms with Gasteiger partial charge in [0, 0.05) is 18.2 Å². The van der Waals surface area contributed by atoms with E-state index in [2.05, 4.69) is 10.6 Å². The van der Waals surface area contributed by atoms with Gasteiger partial charge in [-0.1, -0.05) is 37.5 Å². The zero-order chi connectivity index (χ0) is 26.9. The first kappa shape index (κ1) is 29.8. The molecule has 1 aliphatic carbocycles. The molecule has 0 saturated heterocycles. The lowest BCUT2D eigenvalue weighted by molar-refractivity contribution is -0.142. The van der Waals surface area contributed by atoms with Gasteiger partial charge in [-0.3, -0.25) is 9.59 Å². The fraction of sp³-hybridized carbons (Fsp3) is 0.667. The molecular formula is C27H43N3O5S. The number of alkyl carbamates (subject to hydrolysis) is 1. The molecule has 1 aliphatic rings. The zero-order valence-electron chi connectivity index (χ0n) is 22.6. The molecule has 1 aromatic carbocycles. The van der Waals surface area contributed by atoms with Gasteiger partial charge in [-0.15, -0.1) is 0 Å². The van der Waals surface area contributed by atoms with E-state index >= 15 is 0 Å². The van der Waals surface area contributed by atoms with E-state index in [0.717, 1.165) is 32.1 Å². The molecule has 2 atom stereocenters. The highest BCUT2D eigenvalue weighted by molar-refractivity contribution is 7.98. The Balaban J connectivity index is 2.41. The van der Waals surface area contributed by atoms with E-state index in [-0.39, 0.29) is 30.2 Å². The minimum atomic E-state index is -1.03. The summed E-state index contributed by atoms with van der Waals surface area (Å²) in [6.07, 6.45) is 6.69. The number of phenols is 1. The molecule has 0 radical (unpaired) electrons. The quantitative estimate of drug-likeness (QED) is 0.412. The first-order valence-corrected chi connectivity index (χ1v) is 14.3. The van der Waals surface area contributed by atoms with E-state index in [9.17, 15) is 19.5 Å². The Labute approximate surface area is 219 Å². The van der Waals surface area contributed by atoms with E-state index in [1.54, 1.807) is 64.6 Å². The Morgan fingerprint density at radius 2 is 1.86 bits per heavy atom. The van der Waals surface area contributed by atoms with Crippen molar-refractivity contribution < 1.29 is 24.2 Å². The maximum Gasteiger partial charge on any atom is 0.408 e. The van der Waals surface area contributed by atoms with Crippen LogP contribution >= 0.6 is 11.8 Å². The normalized spacial score (nSPS) is 16.1. The molecule has 0 spiro atoms. The highest BCUT2D eigenvalue weighted by atomic mass is 32.2. The average Bonchev–Trinajstić information content (AvgIpc) is 2.81. The molecule has 1 aromatic rings. The lowest BCUT2D eigenvalue weighted by Gasteiger charge is -2.35. The van der Waals surface area contributed by atoms with Gasteiger partial charge >= 0.3 is 6.09 Å². The van der Waals surface area contributed by atoms with Crippen molar-refractivity contribution in [3.05, 3.63) is 29.3 Å². The Kier molecular flexibility index (Phi) is 11.4. The molecular weight excluding hydrogens is 478 g/mol. The number of likely N-dealkylation sites (N-methyl/N-ethyl adjacent to an activating group) is 1. The molecule has 1 fully saturated rings. The van der Waals surface area contributed by atoms with Crippen LogP contribution in [0.5, 0.6) is 5.75 Å². The van der Waals surface area contributed by atoms with Gasteiger partial charge in [-0.05, 0) is 71.5 Å². The number of amides is 3. The number of nitrogens with one attached hydrogen (secondary N) is 2. The molecule has 9 heteroatoms. The number of rotatable bonds is 10. The molecule has 3 amide bonds. The van der Waals surface area contributed by atoms with Crippen LogP contribution in [0.4, 0.5) is 4.79 Å². The van der Waals surface area contributed by atoms with Crippen molar-refractivity contribution in [3.8, 4) is 5.75 Å². The average molecular weight is 522 g/mol. The molecule has 36 heavy (non-hydrogen) atoms. The van der Waals surface area contributed by atoms with E-state index in [0.29, 0.717) is 23.3 Å². The minimum absolute atomic E-state index is 0.00620. The number of benzene rings is 1. The number of thioether (sulfide) groups is 1. The summed E-state index contributed by atoms with van der Waals surface area (Å²) >= 11 is 1.56. The van der Waals surface area contributed by atoms with Crippen LogP contribution in [0, 0.1) is 6.92 Å². The molecule has 0 bridgehead atoms. The van der Waals surface area contributed by atoms with Crippen molar-refractivity contribution in [1.82, 2.24) is 15.5 Å². The van der Waals surface area contributed by atoms with Crippen LogP contribution in [-0.4, -0.2) is 64.2 Å².